The smallest absolute Gasteiger partial charge is 0.373 e. The molecular weight excluding hydrogens is 383 g/mol. The molecule has 2 unspecified atom stereocenters. The molecule has 0 aliphatic carbocycles. The average Bonchev–Trinajstić information content (AvgIpc) is 2.65. The first-order valence-corrected chi connectivity index (χ1v) is 10.4. The van der Waals surface area contributed by atoms with E-state index in [0.717, 1.165) is 45.0 Å². The zero-order valence-electron chi connectivity index (χ0n) is 17.7. The summed E-state index contributed by atoms with van der Waals surface area (Å²) in [4.78, 5) is 14.1. The van der Waals surface area contributed by atoms with Crippen LogP contribution in [0.25, 0.3) is 0 Å². The lowest BCUT2D eigenvalue weighted by Gasteiger charge is -2.37. The topological polar surface area (TPSA) is 44.7 Å². The van der Waals surface area contributed by atoms with E-state index < -0.39 is 11.9 Å². The van der Waals surface area contributed by atoms with Gasteiger partial charge in [0.15, 0.2) is 5.69 Å². The maximum absolute atomic E-state index is 13.2. The maximum Gasteiger partial charge on any atom is 0.433 e. The highest BCUT2D eigenvalue weighted by atomic mass is 19.4. The Morgan fingerprint density at radius 1 is 1.10 bits per heavy atom. The van der Waals surface area contributed by atoms with Gasteiger partial charge in [0.2, 0.25) is 5.95 Å². The van der Waals surface area contributed by atoms with Gasteiger partial charge in [0, 0.05) is 46.3 Å². The first-order valence-electron chi connectivity index (χ1n) is 10.4. The van der Waals surface area contributed by atoms with Gasteiger partial charge < -0.3 is 14.5 Å². The van der Waals surface area contributed by atoms with Crippen molar-refractivity contribution in [3.05, 3.63) is 11.8 Å². The van der Waals surface area contributed by atoms with Crippen LogP contribution in [0.3, 0.4) is 0 Å². The largest absolute Gasteiger partial charge is 0.433 e. The van der Waals surface area contributed by atoms with Gasteiger partial charge in [-0.1, -0.05) is 0 Å². The van der Waals surface area contributed by atoms with Gasteiger partial charge in [0.25, 0.3) is 0 Å². The third kappa shape index (κ3) is 5.94. The number of hydrogen-bond acceptors (Lipinski definition) is 6. The summed E-state index contributed by atoms with van der Waals surface area (Å²) in [5.74, 6) is 1.04. The Kier molecular flexibility index (Phi) is 6.88. The molecule has 0 bridgehead atoms. The number of halogens is 3. The van der Waals surface area contributed by atoms with Crippen molar-refractivity contribution in [2.45, 2.75) is 51.5 Å². The summed E-state index contributed by atoms with van der Waals surface area (Å²) in [6, 6.07) is 1.00. The van der Waals surface area contributed by atoms with Crippen molar-refractivity contribution >= 4 is 11.8 Å². The molecule has 0 N–H and O–H groups in total. The quantitative estimate of drug-likeness (QED) is 0.736. The fourth-order valence-corrected chi connectivity index (χ4v) is 4.19. The number of alkyl halides is 3. The van der Waals surface area contributed by atoms with Crippen molar-refractivity contribution in [2.24, 2.45) is 5.92 Å². The van der Waals surface area contributed by atoms with Crippen molar-refractivity contribution in [2.75, 3.05) is 56.6 Å². The van der Waals surface area contributed by atoms with Gasteiger partial charge in [0.05, 0.1) is 12.2 Å². The Hall–Kier alpha value is -1.61. The zero-order valence-corrected chi connectivity index (χ0v) is 17.7. The van der Waals surface area contributed by atoms with Crippen molar-refractivity contribution in [1.29, 1.82) is 0 Å². The van der Waals surface area contributed by atoms with Crippen molar-refractivity contribution in [1.82, 2.24) is 14.9 Å². The minimum Gasteiger partial charge on any atom is -0.373 e. The molecular formula is C20H32F3N5O. The highest BCUT2D eigenvalue weighted by Gasteiger charge is 2.35. The van der Waals surface area contributed by atoms with E-state index in [0.29, 0.717) is 19.0 Å². The number of hydrogen-bond donors (Lipinski definition) is 0. The van der Waals surface area contributed by atoms with Gasteiger partial charge >= 0.3 is 6.18 Å². The number of ether oxygens (including phenoxy) is 1. The van der Waals surface area contributed by atoms with Gasteiger partial charge in [-0.2, -0.15) is 18.2 Å². The highest BCUT2D eigenvalue weighted by molar-refractivity contribution is 5.45. The first-order chi connectivity index (χ1) is 13.6. The number of rotatable bonds is 5. The van der Waals surface area contributed by atoms with Crippen LogP contribution in [0.15, 0.2) is 6.07 Å². The Bertz CT molecular complexity index is 667. The molecule has 0 radical (unpaired) electrons. The number of nitrogens with zero attached hydrogens (tertiary/aromatic N) is 5. The summed E-state index contributed by atoms with van der Waals surface area (Å²) in [5.41, 5.74) is -0.885. The molecule has 2 atom stereocenters. The van der Waals surface area contributed by atoms with E-state index in [4.69, 9.17) is 4.74 Å². The predicted molar refractivity (Wildman–Crippen MR) is 107 cm³/mol. The molecule has 0 saturated carbocycles. The molecule has 0 aromatic carbocycles. The van der Waals surface area contributed by atoms with E-state index in [1.165, 1.54) is 0 Å². The Labute approximate surface area is 171 Å². The second-order valence-corrected chi connectivity index (χ2v) is 8.54. The van der Waals surface area contributed by atoms with Crippen LogP contribution in [0.2, 0.25) is 0 Å². The summed E-state index contributed by atoms with van der Waals surface area (Å²) in [7, 11) is 3.37. The summed E-state index contributed by atoms with van der Waals surface area (Å²) in [5, 5.41) is 0. The molecule has 0 amide bonds. The van der Waals surface area contributed by atoms with Gasteiger partial charge in [-0.05, 0) is 45.6 Å². The molecule has 3 heterocycles. The van der Waals surface area contributed by atoms with Gasteiger partial charge in [-0.25, -0.2) is 4.98 Å². The van der Waals surface area contributed by atoms with Gasteiger partial charge in [-0.3, -0.25) is 4.90 Å². The van der Waals surface area contributed by atoms with Crippen LogP contribution in [0.5, 0.6) is 0 Å². The normalized spacial score (nSPS) is 24.7. The lowest BCUT2D eigenvalue weighted by molar-refractivity contribution is -0.141. The summed E-state index contributed by atoms with van der Waals surface area (Å²) < 4.78 is 45.5. The molecule has 29 heavy (non-hydrogen) atoms. The molecule has 2 fully saturated rings. The summed E-state index contributed by atoms with van der Waals surface area (Å²) >= 11 is 0. The number of piperidine rings is 1. The second kappa shape index (κ2) is 9.04. The SMILES string of the molecule is CC1CN(CCC2CCN(c3nc(N(C)C)cc(C(F)(F)F)n3)CC2)CC(C)O1. The third-order valence-electron chi connectivity index (χ3n) is 5.70. The molecule has 2 aliphatic rings. The molecule has 2 saturated heterocycles. The standard InChI is InChI=1S/C20H32F3N5O/c1-14-12-27(13-15(2)29-14)8-5-16-6-9-28(10-7-16)19-24-17(20(21,22)23)11-18(25-19)26(3)4/h11,14-16H,5-10,12-13H2,1-4H3. The summed E-state index contributed by atoms with van der Waals surface area (Å²) in [6.45, 7) is 8.58. The van der Waals surface area contributed by atoms with E-state index in [-0.39, 0.29) is 24.0 Å². The first kappa shape index (κ1) is 22.1. The lowest BCUT2D eigenvalue weighted by Crippen LogP contribution is -2.46. The van der Waals surface area contributed by atoms with Crippen LogP contribution >= 0.6 is 0 Å². The molecule has 164 valence electrons. The summed E-state index contributed by atoms with van der Waals surface area (Å²) in [6.07, 6.45) is -0.930. The fourth-order valence-electron chi connectivity index (χ4n) is 4.19. The lowest BCUT2D eigenvalue weighted by atomic mass is 9.93. The van der Waals surface area contributed by atoms with Crippen LogP contribution in [0.4, 0.5) is 24.9 Å². The minimum absolute atomic E-state index is 0.179. The van der Waals surface area contributed by atoms with E-state index >= 15 is 0 Å². The van der Waals surface area contributed by atoms with Gasteiger partial charge in [0.1, 0.15) is 5.82 Å². The molecule has 0 spiro atoms. The van der Waals surface area contributed by atoms with Crippen molar-refractivity contribution in [3.63, 3.8) is 0 Å². The van der Waals surface area contributed by atoms with E-state index in [1.54, 1.807) is 19.0 Å². The van der Waals surface area contributed by atoms with Gasteiger partial charge in [-0.15, -0.1) is 0 Å². The Morgan fingerprint density at radius 2 is 1.72 bits per heavy atom. The van der Waals surface area contributed by atoms with Crippen LogP contribution in [0, 0.1) is 5.92 Å². The molecule has 3 rings (SSSR count). The Balaban J connectivity index is 1.57. The van der Waals surface area contributed by atoms with E-state index in [9.17, 15) is 13.2 Å². The van der Waals surface area contributed by atoms with Crippen LogP contribution in [-0.2, 0) is 10.9 Å². The number of morpholine rings is 1. The average molecular weight is 416 g/mol. The highest BCUT2D eigenvalue weighted by Crippen LogP contribution is 2.32. The zero-order chi connectivity index (χ0) is 21.2. The van der Waals surface area contributed by atoms with E-state index in [2.05, 4.69) is 28.7 Å². The molecule has 2 aliphatic heterocycles. The second-order valence-electron chi connectivity index (χ2n) is 8.54. The molecule has 1 aromatic heterocycles. The predicted octanol–water partition coefficient (Wildman–Crippen LogP) is 3.28. The third-order valence-corrected chi connectivity index (χ3v) is 5.70. The van der Waals surface area contributed by atoms with Crippen LogP contribution < -0.4 is 9.80 Å². The number of aromatic nitrogens is 2. The minimum atomic E-state index is -4.48. The molecule has 1 aromatic rings. The van der Waals surface area contributed by atoms with Crippen molar-refractivity contribution < 1.29 is 17.9 Å². The van der Waals surface area contributed by atoms with Crippen LogP contribution in [0.1, 0.15) is 38.8 Å². The molecule has 9 heteroatoms. The van der Waals surface area contributed by atoms with Crippen LogP contribution in [-0.4, -0.2) is 73.9 Å². The Morgan fingerprint density at radius 3 is 2.28 bits per heavy atom. The monoisotopic (exact) mass is 415 g/mol. The number of anilines is 2. The van der Waals surface area contributed by atoms with E-state index in [1.807, 2.05) is 4.90 Å². The van der Waals surface area contributed by atoms with Crippen molar-refractivity contribution in [3.8, 4) is 0 Å². The fraction of sp³-hybridized carbons (Fsp3) is 0.800. The maximum atomic E-state index is 13.2. The molecule has 6 nitrogen and oxygen atoms in total.